The smallest absolute Gasteiger partial charge is 0.167 e. The number of rotatable bonds is 4. The molecule has 1 N–H and O–H groups in total. The summed E-state index contributed by atoms with van der Waals surface area (Å²) in [7, 11) is 0. The largest absolute Gasteiger partial charge is 0.471 e. The molecular weight excluding hydrogens is 198 g/mol. The monoisotopic (exact) mass is 213 g/mol. The molecule has 0 saturated carbocycles. The van der Waals surface area contributed by atoms with Gasteiger partial charge in [-0.15, -0.1) is 0 Å². The molecule has 2 nitrogen and oxygen atoms in total. The van der Waals surface area contributed by atoms with E-state index in [0.29, 0.717) is 0 Å². The fraction of sp³-hybridized carbons (Fsp3) is 0.143. The van der Waals surface area contributed by atoms with Crippen LogP contribution in [0.2, 0.25) is 0 Å². The second-order valence-corrected chi connectivity index (χ2v) is 3.58. The van der Waals surface area contributed by atoms with Crippen LogP contribution in [0, 0.1) is 0 Å². The van der Waals surface area contributed by atoms with Gasteiger partial charge in [-0.05, 0) is 31.2 Å². The number of nitrogens with one attached hydrogen (secondary N) is 1. The Hall–Kier alpha value is -1.96. The molecule has 16 heavy (non-hydrogen) atoms. The molecule has 1 unspecified atom stereocenters. The van der Waals surface area contributed by atoms with Crippen LogP contribution < -0.4 is 10.1 Å². The Morgan fingerprint density at radius 3 is 2.06 bits per heavy atom. The standard InChI is InChI=1S/C14H15NO/c1-12(15-13-8-4-2-5-9-13)16-14-10-6-3-7-11-14/h2-12,15H,1H3. The number of para-hydroxylation sites is 2. The average Bonchev–Trinajstić information content (AvgIpc) is 2.31. The van der Waals surface area contributed by atoms with Gasteiger partial charge in [-0.25, -0.2) is 0 Å². The Morgan fingerprint density at radius 2 is 1.44 bits per heavy atom. The van der Waals surface area contributed by atoms with Crippen LogP contribution in [0.15, 0.2) is 60.7 Å². The predicted octanol–water partition coefficient (Wildman–Crippen LogP) is 3.52. The highest BCUT2D eigenvalue weighted by atomic mass is 16.5. The first-order valence-electron chi connectivity index (χ1n) is 5.38. The van der Waals surface area contributed by atoms with Crippen molar-refractivity contribution in [2.75, 3.05) is 5.32 Å². The summed E-state index contributed by atoms with van der Waals surface area (Å²) in [6.45, 7) is 1.99. The Morgan fingerprint density at radius 1 is 0.875 bits per heavy atom. The minimum absolute atomic E-state index is 0.0511. The average molecular weight is 213 g/mol. The van der Waals surface area contributed by atoms with Crippen molar-refractivity contribution in [1.29, 1.82) is 0 Å². The van der Waals surface area contributed by atoms with Gasteiger partial charge < -0.3 is 10.1 Å². The van der Waals surface area contributed by atoms with E-state index in [1.54, 1.807) is 0 Å². The molecule has 82 valence electrons. The summed E-state index contributed by atoms with van der Waals surface area (Å²) in [5.74, 6) is 0.874. The van der Waals surface area contributed by atoms with Crippen LogP contribution in [0.4, 0.5) is 5.69 Å². The van der Waals surface area contributed by atoms with Crippen molar-refractivity contribution in [3.8, 4) is 5.75 Å². The van der Waals surface area contributed by atoms with Gasteiger partial charge in [0.05, 0.1) is 0 Å². The summed E-state index contributed by atoms with van der Waals surface area (Å²) in [5, 5.41) is 3.27. The molecule has 0 amide bonds. The van der Waals surface area contributed by atoms with E-state index in [1.807, 2.05) is 67.6 Å². The third kappa shape index (κ3) is 3.02. The molecule has 0 aliphatic carbocycles. The van der Waals surface area contributed by atoms with Crippen molar-refractivity contribution in [2.24, 2.45) is 0 Å². The quantitative estimate of drug-likeness (QED) is 0.784. The maximum Gasteiger partial charge on any atom is 0.167 e. The second kappa shape index (κ2) is 5.21. The highest BCUT2D eigenvalue weighted by Crippen LogP contribution is 2.13. The molecule has 0 heterocycles. The van der Waals surface area contributed by atoms with Crippen LogP contribution >= 0.6 is 0 Å². The van der Waals surface area contributed by atoms with Crippen molar-refractivity contribution in [1.82, 2.24) is 0 Å². The molecule has 0 saturated heterocycles. The molecule has 2 aromatic carbocycles. The van der Waals surface area contributed by atoms with Gasteiger partial charge in [-0.1, -0.05) is 36.4 Å². The van der Waals surface area contributed by atoms with Gasteiger partial charge in [-0.3, -0.25) is 0 Å². The van der Waals surface area contributed by atoms with Gasteiger partial charge >= 0.3 is 0 Å². The van der Waals surface area contributed by atoms with Crippen molar-refractivity contribution in [2.45, 2.75) is 13.2 Å². The molecule has 0 aromatic heterocycles. The number of hydrogen-bond donors (Lipinski definition) is 1. The summed E-state index contributed by atoms with van der Waals surface area (Å²) in [6, 6.07) is 19.8. The summed E-state index contributed by atoms with van der Waals surface area (Å²) in [5.41, 5.74) is 1.06. The molecule has 0 aliphatic rings. The van der Waals surface area contributed by atoms with Gasteiger partial charge in [0.1, 0.15) is 5.75 Å². The topological polar surface area (TPSA) is 21.3 Å². The first-order chi connectivity index (χ1) is 7.84. The van der Waals surface area contributed by atoms with E-state index >= 15 is 0 Å². The van der Waals surface area contributed by atoms with E-state index in [2.05, 4.69) is 5.32 Å². The van der Waals surface area contributed by atoms with Crippen molar-refractivity contribution in [3.05, 3.63) is 60.7 Å². The SMILES string of the molecule is CC(Nc1ccccc1)Oc1ccccc1. The van der Waals surface area contributed by atoms with Gasteiger partial charge in [0.2, 0.25) is 0 Å². The van der Waals surface area contributed by atoms with Gasteiger partial charge in [0.15, 0.2) is 6.23 Å². The summed E-state index contributed by atoms with van der Waals surface area (Å²) in [6.07, 6.45) is -0.0511. The van der Waals surface area contributed by atoms with Crippen molar-refractivity contribution < 1.29 is 4.74 Å². The normalized spacial score (nSPS) is 11.8. The van der Waals surface area contributed by atoms with E-state index in [1.165, 1.54) is 0 Å². The van der Waals surface area contributed by atoms with E-state index in [9.17, 15) is 0 Å². The minimum atomic E-state index is -0.0511. The number of benzene rings is 2. The lowest BCUT2D eigenvalue weighted by molar-refractivity contribution is 0.250. The molecule has 2 heteroatoms. The Bertz CT molecular complexity index is 372. The van der Waals surface area contributed by atoms with Crippen LogP contribution in [0.25, 0.3) is 0 Å². The molecule has 0 bridgehead atoms. The van der Waals surface area contributed by atoms with Crippen molar-refractivity contribution in [3.63, 3.8) is 0 Å². The fourth-order valence-corrected chi connectivity index (χ4v) is 1.50. The van der Waals surface area contributed by atoms with Crippen molar-refractivity contribution >= 4 is 5.69 Å². The lowest BCUT2D eigenvalue weighted by Crippen LogP contribution is -2.22. The maximum atomic E-state index is 5.71. The highest BCUT2D eigenvalue weighted by Gasteiger charge is 2.02. The lowest BCUT2D eigenvalue weighted by atomic mass is 10.3. The van der Waals surface area contributed by atoms with Gasteiger partial charge in [0.25, 0.3) is 0 Å². The summed E-state index contributed by atoms with van der Waals surface area (Å²) >= 11 is 0. The minimum Gasteiger partial charge on any atom is -0.471 e. The van der Waals surface area contributed by atoms with Crippen LogP contribution in [0.5, 0.6) is 5.75 Å². The zero-order valence-corrected chi connectivity index (χ0v) is 9.26. The number of hydrogen-bond acceptors (Lipinski definition) is 2. The molecular formula is C14H15NO. The van der Waals surface area contributed by atoms with Gasteiger partial charge in [-0.2, -0.15) is 0 Å². The molecule has 0 spiro atoms. The van der Waals surface area contributed by atoms with Crippen LogP contribution in [0.1, 0.15) is 6.92 Å². The molecule has 2 aromatic rings. The van der Waals surface area contributed by atoms with E-state index in [0.717, 1.165) is 11.4 Å². The maximum absolute atomic E-state index is 5.71. The first kappa shape index (κ1) is 10.6. The van der Waals surface area contributed by atoms with E-state index < -0.39 is 0 Å². The lowest BCUT2D eigenvalue weighted by Gasteiger charge is -2.17. The summed E-state index contributed by atoms with van der Waals surface area (Å²) < 4.78 is 5.71. The fourth-order valence-electron chi connectivity index (χ4n) is 1.50. The highest BCUT2D eigenvalue weighted by molar-refractivity contribution is 5.43. The van der Waals surface area contributed by atoms with Crippen LogP contribution in [0.3, 0.4) is 0 Å². The third-order valence-corrected chi connectivity index (χ3v) is 2.20. The number of ether oxygens (including phenoxy) is 1. The molecule has 1 atom stereocenters. The summed E-state index contributed by atoms with van der Waals surface area (Å²) in [4.78, 5) is 0. The Balaban J connectivity index is 1.92. The number of anilines is 1. The van der Waals surface area contributed by atoms with E-state index in [-0.39, 0.29) is 6.23 Å². The Labute approximate surface area is 95.9 Å². The van der Waals surface area contributed by atoms with Gasteiger partial charge in [0, 0.05) is 5.69 Å². The molecule has 2 rings (SSSR count). The first-order valence-corrected chi connectivity index (χ1v) is 5.38. The second-order valence-electron chi connectivity index (χ2n) is 3.58. The Kier molecular flexibility index (Phi) is 3.44. The molecule has 0 radical (unpaired) electrons. The van der Waals surface area contributed by atoms with E-state index in [4.69, 9.17) is 4.74 Å². The predicted molar refractivity (Wildman–Crippen MR) is 66.6 cm³/mol. The zero-order valence-electron chi connectivity index (χ0n) is 9.26. The molecule has 0 aliphatic heterocycles. The third-order valence-electron chi connectivity index (χ3n) is 2.20. The molecule has 0 fully saturated rings. The zero-order chi connectivity index (χ0) is 11.2. The van der Waals surface area contributed by atoms with Crippen LogP contribution in [-0.2, 0) is 0 Å². The van der Waals surface area contributed by atoms with Crippen LogP contribution in [-0.4, -0.2) is 6.23 Å².